The van der Waals surface area contributed by atoms with Gasteiger partial charge in [0.1, 0.15) is 5.69 Å². The van der Waals surface area contributed by atoms with Gasteiger partial charge < -0.3 is 15.0 Å². The number of hydrogen-bond acceptors (Lipinski definition) is 4. The lowest BCUT2D eigenvalue weighted by atomic mass is 9.80. The molecule has 2 heterocycles. The maximum atomic E-state index is 13.0. The molecular weight excluding hydrogens is 368 g/mol. The Morgan fingerprint density at radius 1 is 1.24 bits per heavy atom. The SMILES string of the molecule is CCn1ccc(C(=O)N2CCC[C@@](C)(C(=O)NCc3ccccc3COC)C2)n1. The van der Waals surface area contributed by atoms with Crippen molar-refractivity contribution >= 4 is 11.8 Å². The molecule has 1 aliphatic heterocycles. The highest BCUT2D eigenvalue weighted by Gasteiger charge is 2.39. The lowest BCUT2D eigenvalue weighted by Crippen LogP contribution is -2.51. The van der Waals surface area contributed by atoms with Crippen LogP contribution in [0.25, 0.3) is 0 Å². The van der Waals surface area contributed by atoms with Crippen LogP contribution in [0.4, 0.5) is 0 Å². The predicted molar refractivity (Wildman–Crippen MR) is 110 cm³/mol. The minimum absolute atomic E-state index is 0.0266. The predicted octanol–water partition coefficient (Wildman–Crippen LogP) is 2.61. The third-order valence-electron chi connectivity index (χ3n) is 5.57. The number of methoxy groups -OCH3 is 1. The fourth-order valence-corrected chi connectivity index (χ4v) is 3.83. The van der Waals surface area contributed by atoms with Gasteiger partial charge in [0.05, 0.1) is 12.0 Å². The van der Waals surface area contributed by atoms with Crippen LogP contribution in [-0.4, -0.2) is 46.7 Å². The lowest BCUT2D eigenvalue weighted by molar-refractivity contribution is -0.132. The third kappa shape index (κ3) is 4.85. The Hall–Kier alpha value is -2.67. The summed E-state index contributed by atoms with van der Waals surface area (Å²) >= 11 is 0. The maximum absolute atomic E-state index is 13.0. The number of amides is 2. The number of hydrogen-bond donors (Lipinski definition) is 1. The van der Waals surface area contributed by atoms with E-state index in [2.05, 4.69) is 10.4 Å². The number of rotatable bonds is 7. The molecule has 1 aromatic carbocycles. The van der Waals surface area contributed by atoms with E-state index in [4.69, 9.17) is 4.74 Å². The van der Waals surface area contributed by atoms with Crippen LogP contribution >= 0.6 is 0 Å². The molecule has 2 amide bonds. The molecule has 1 saturated heterocycles. The molecular formula is C22H30N4O3. The Balaban J connectivity index is 1.64. The van der Waals surface area contributed by atoms with Gasteiger partial charge in [0.25, 0.3) is 5.91 Å². The maximum Gasteiger partial charge on any atom is 0.274 e. The smallest absolute Gasteiger partial charge is 0.274 e. The molecule has 3 rings (SSSR count). The van der Waals surface area contributed by atoms with E-state index >= 15 is 0 Å². The summed E-state index contributed by atoms with van der Waals surface area (Å²) in [6.07, 6.45) is 3.36. The zero-order chi connectivity index (χ0) is 20.9. The van der Waals surface area contributed by atoms with Crippen molar-refractivity contribution in [2.75, 3.05) is 20.2 Å². The molecule has 2 aromatic rings. The van der Waals surface area contributed by atoms with Gasteiger partial charge in [0.15, 0.2) is 0 Å². The molecule has 1 N–H and O–H groups in total. The van der Waals surface area contributed by atoms with Crippen LogP contribution in [0.15, 0.2) is 36.5 Å². The molecule has 0 spiro atoms. The summed E-state index contributed by atoms with van der Waals surface area (Å²) in [5.74, 6) is -0.136. The third-order valence-corrected chi connectivity index (χ3v) is 5.57. The Bertz CT molecular complexity index is 863. The number of carbonyl (C=O) groups is 2. The molecule has 0 aliphatic carbocycles. The standard InChI is InChI=1S/C22H30N4O3/c1-4-26-13-10-19(24-26)20(27)25-12-7-11-22(2,16-25)21(28)23-14-17-8-5-6-9-18(17)15-29-3/h5-6,8-10,13H,4,7,11-12,14-16H2,1-3H3,(H,23,28)/t22-/m1/s1. The van der Waals surface area contributed by atoms with Gasteiger partial charge in [-0.1, -0.05) is 24.3 Å². The van der Waals surface area contributed by atoms with Crippen molar-refractivity contribution in [3.05, 3.63) is 53.3 Å². The van der Waals surface area contributed by atoms with Gasteiger partial charge >= 0.3 is 0 Å². The van der Waals surface area contributed by atoms with E-state index in [0.29, 0.717) is 31.9 Å². The number of benzene rings is 1. The number of aryl methyl sites for hydroxylation is 1. The molecule has 1 aromatic heterocycles. The van der Waals surface area contributed by atoms with Crippen molar-refractivity contribution in [3.63, 3.8) is 0 Å². The molecule has 0 radical (unpaired) electrons. The minimum atomic E-state index is -0.614. The Morgan fingerprint density at radius 2 is 2.00 bits per heavy atom. The number of aromatic nitrogens is 2. The van der Waals surface area contributed by atoms with Crippen LogP contribution in [-0.2, 0) is 29.2 Å². The number of nitrogens with zero attached hydrogens (tertiary/aromatic N) is 3. The van der Waals surface area contributed by atoms with Gasteiger partial charge in [0.2, 0.25) is 5.91 Å². The normalized spacial score (nSPS) is 19.2. The van der Waals surface area contributed by atoms with E-state index in [9.17, 15) is 9.59 Å². The first-order chi connectivity index (χ1) is 14.0. The Morgan fingerprint density at radius 3 is 2.69 bits per heavy atom. The summed E-state index contributed by atoms with van der Waals surface area (Å²) in [4.78, 5) is 27.6. The largest absolute Gasteiger partial charge is 0.380 e. The van der Waals surface area contributed by atoms with Crippen molar-refractivity contribution in [2.24, 2.45) is 5.41 Å². The summed E-state index contributed by atoms with van der Waals surface area (Å²) in [6.45, 7) is 6.65. The topological polar surface area (TPSA) is 76.5 Å². The monoisotopic (exact) mass is 398 g/mol. The molecule has 1 aliphatic rings. The number of nitrogens with one attached hydrogen (secondary N) is 1. The van der Waals surface area contributed by atoms with Crippen molar-refractivity contribution < 1.29 is 14.3 Å². The van der Waals surface area contributed by atoms with Gasteiger partial charge in [-0.3, -0.25) is 14.3 Å². The second kappa shape index (κ2) is 9.22. The van der Waals surface area contributed by atoms with E-state index < -0.39 is 5.41 Å². The van der Waals surface area contributed by atoms with Crippen molar-refractivity contribution in [2.45, 2.75) is 46.4 Å². The highest BCUT2D eigenvalue weighted by Crippen LogP contribution is 2.30. The van der Waals surface area contributed by atoms with E-state index in [1.807, 2.05) is 38.1 Å². The molecule has 0 saturated carbocycles. The Kier molecular flexibility index (Phi) is 6.69. The van der Waals surface area contributed by atoms with Crippen LogP contribution < -0.4 is 5.32 Å². The van der Waals surface area contributed by atoms with Gasteiger partial charge in [-0.15, -0.1) is 0 Å². The quantitative estimate of drug-likeness (QED) is 0.778. The highest BCUT2D eigenvalue weighted by molar-refractivity contribution is 5.93. The number of ether oxygens (including phenoxy) is 1. The average Bonchev–Trinajstić information content (AvgIpc) is 3.22. The average molecular weight is 399 g/mol. The van der Waals surface area contributed by atoms with Gasteiger partial charge in [-0.05, 0) is 43.9 Å². The highest BCUT2D eigenvalue weighted by atomic mass is 16.5. The van der Waals surface area contributed by atoms with Gasteiger partial charge in [0, 0.05) is 39.5 Å². The van der Waals surface area contributed by atoms with Crippen LogP contribution in [0.1, 0.15) is 48.3 Å². The van der Waals surface area contributed by atoms with Crippen LogP contribution in [0.2, 0.25) is 0 Å². The summed E-state index contributed by atoms with van der Waals surface area (Å²) in [6, 6.07) is 9.66. The molecule has 1 fully saturated rings. The summed E-state index contributed by atoms with van der Waals surface area (Å²) in [5, 5.41) is 7.38. The Labute approximate surface area is 172 Å². The molecule has 0 unspecified atom stereocenters. The number of likely N-dealkylation sites (tertiary alicyclic amines) is 1. The summed E-state index contributed by atoms with van der Waals surface area (Å²) in [7, 11) is 1.66. The molecule has 0 bridgehead atoms. The fourth-order valence-electron chi connectivity index (χ4n) is 3.83. The summed E-state index contributed by atoms with van der Waals surface area (Å²) in [5.41, 5.74) is 1.93. The zero-order valence-electron chi connectivity index (χ0n) is 17.5. The van der Waals surface area contributed by atoms with Gasteiger partial charge in [-0.2, -0.15) is 5.10 Å². The molecule has 1 atom stereocenters. The van der Waals surface area contributed by atoms with Crippen molar-refractivity contribution in [1.29, 1.82) is 0 Å². The van der Waals surface area contributed by atoms with E-state index in [1.165, 1.54) is 0 Å². The molecule has 7 nitrogen and oxygen atoms in total. The van der Waals surface area contributed by atoms with E-state index in [1.54, 1.807) is 29.0 Å². The minimum Gasteiger partial charge on any atom is -0.380 e. The van der Waals surface area contributed by atoms with Crippen LogP contribution in [0.3, 0.4) is 0 Å². The summed E-state index contributed by atoms with van der Waals surface area (Å²) < 4.78 is 6.98. The lowest BCUT2D eigenvalue weighted by Gasteiger charge is -2.39. The fraction of sp³-hybridized carbons (Fsp3) is 0.500. The van der Waals surface area contributed by atoms with Crippen LogP contribution in [0, 0.1) is 5.41 Å². The van der Waals surface area contributed by atoms with E-state index in [0.717, 1.165) is 30.5 Å². The van der Waals surface area contributed by atoms with Crippen molar-refractivity contribution in [3.8, 4) is 0 Å². The second-order valence-electron chi connectivity index (χ2n) is 7.83. The van der Waals surface area contributed by atoms with Crippen molar-refractivity contribution in [1.82, 2.24) is 20.0 Å². The van der Waals surface area contributed by atoms with Crippen LogP contribution in [0.5, 0.6) is 0 Å². The number of carbonyl (C=O) groups excluding carboxylic acids is 2. The molecule has 7 heteroatoms. The van der Waals surface area contributed by atoms with E-state index in [-0.39, 0.29) is 11.8 Å². The first kappa shape index (κ1) is 21.0. The van der Waals surface area contributed by atoms with Gasteiger partial charge in [-0.25, -0.2) is 0 Å². The molecule has 29 heavy (non-hydrogen) atoms. The first-order valence-electron chi connectivity index (χ1n) is 10.1. The first-order valence-corrected chi connectivity index (χ1v) is 10.1. The second-order valence-corrected chi connectivity index (χ2v) is 7.83. The zero-order valence-corrected chi connectivity index (χ0v) is 17.5. The number of piperidine rings is 1. The molecule has 156 valence electrons.